The molecule has 0 fully saturated rings. The number of nitrogens with zero attached hydrogens (tertiary/aromatic N) is 2. The van der Waals surface area contributed by atoms with Gasteiger partial charge >= 0.3 is 5.97 Å². The van der Waals surface area contributed by atoms with Crippen molar-refractivity contribution in [3.05, 3.63) is 57.4 Å². The molecule has 6 nitrogen and oxygen atoms in total. The first-order valence-corrected chi connectivity index (χ1v) is 14.8. The lowest BCUT2D eigenvalue weighted by Crippen LogP contribution is -2.57. The fourth-order valence-corrected chi connectivity index (χ4v) is 14.3. The van der Waals surface area contributed by atoms with Gasteiger partial charge in [-0.05, 0) is 51.8 Å². The number of carbonyl (C=O) groups excluding carboxylic acids is 1. The highest BCUT2D eigenvalue weighted by Gasteiger charge is 2.49. The summed E-state index contributed by atoms with van der Waals surface area (Å²) >= 11 is 0. The highest BCUT2D eigenvalue weighted by Crippen LogP contribution is 2.45. The quantitative estimate of drug-likeness (QED) is 0.335. The van der Waals surface area contributed by atoms with Crippen LogP contribution in [0.15, 0.2) is 35.1 Å². The molecule has 2 aliphatic heterocycles. The molecular weight excluding hydrogens is 456 g/mol. The molecule has 0 spiro atoms. The van der Waals surface area contributed by atoms with Gasteiger partial charge in [-0.2, -0.15) is 0 Å². The van der Waals surface area contributed by atoms with E-state index in [4.69, 9.17) is 9.72 Å². The zero-order chi connectivity index (χ0) is 25.4. The Bertz CT molecular complexity index is 1410. The van der Waals surface area contributed by atoms with Crippen molar-refractivity contribution in [2.45, 2.75) is 83.8 Å². The fourth-order valence-electron chi connectivity index (χ4n) is 7.14. The van der Waals surface area contributed by atoms with Crippen LogP contribution in [-0.2, 0) is 28.3 Å². The summed E-state index contributed by atoms with van der Waals surface area (Å²) in [5, 5.41) is 13.5. The van der Waals surface area contributed by atoms with Crippen molar-refractivity contribution in [3.63, 3.8) is 0 Å². The van der Waals surface area contributed by atoms with Crippen LogP contribution in [-0.4, -0.2) is 28.7 Å². The van der Waals surface area contributed by atoms with Gasteiger partial charge in [0, 0.05) is 5.56 Å². The van der Waals surface area contributed by atoms with Crippen molar-refractivity contribution in [3.8, 4) is 11.4 Å². The van der Waals surface area contributed by atoms with Gasteiger partial charge < -0.3 is 14.4 Å². The van der Waals surface area contributed by atoms with Crippen LogP contribution >= 0.6 is 0 Å². The van der Waals surface area contributed by atoms with Crippen molar-refractivity contribution in [1.29, 1.82) is 0 Å². The number of fused-ring (bicyclic) bond motifs is 5. The van der Waals surface area contributed by atoms with E-state index in [1.165, 1.54) is 17.5 Å². The highest BCUT2D eigenvalue weighted by atomic mass is 28.3. The second-order valence-electron chi connectivity index (χ2n) is 11.2. The van der Waals surface area contributed by atoms with Crippen molar-refractivity contribution >= 4 is 30.1 Å². The molecule has 0 radical (unpaired) electrons. The maximum absolute atomic E-state index is 13.7. The van der Waals surface area contributed by atoms with Crippen molar-refractivity contribution in [2.75, 3.05) is 0 Å². The Hall–Kier alpha value is -2.77. The Balaban J connectivity index is 1.91. The minimum atomic E-state index is -2.14. The number of pyridine rings is 2. The lowest BCUT2D eigenvalue weighted by Gasteiger charge is -2.45. The number of hydrogen-bond donors (Lipinski definition) is 1. The number of aromatic nitrogens is 2. The third-order valence-corrected chi connectivity index (χ3v) is 15.7. The van der Waals surface area contributed by atoms with Gasteiger partial charge in [0.05, 0.1) is 37.1 Å². The SMILES string of the molecule is CC(C)[Si](c1c2c(nc3ccccc13)-c1cc3c(c(=O)n1C2)COC(=O)[C@@]3(C)O)(C(C)C)C(C)C. The molecule has 0 saturated heterocycles. The maximum Gasteiger partial charge on any atom is 0.342 e. The molecule has 0 bridgehead atoms. The molecule has 35 heavy (non-hydrogen) atoms. The normalized spacial score (nSPS) is 19.3. The topological polar surface area (TPSA) is 81.4 Å². The second kappa shape index (κ2) is 7.87. The average Bonchev–Trinajstić information content (AvgIpc) is 3.15. The van der Waals surface area contributed by atoms with Crippen LogP contribution in [0.3, 0.4) is 0 Å². The largest absolute Gasteiger partial charge is 0.458 e. The van der Waals surface area contributed by atoms with E-state index in [9.17, 15) is 14.7 Å². The minimum absolute atomic E-state index is 0.120. The Morgan fingerprint density at radius 3 is 2.29 bits per heavy atom. The van der Waals surface area contributed by atoms with E-state index < -0.39 is 19.6 Å². The van der Waals surface area contributed by atoms with Gasteiger partial charge in [-0.3, -0.25) is 4.79 Å². The Morgan fingerprint density at radius 1 is 1.03 bits per heavy atom. The number of para-hydroxylation sites is 1. The molecule has 7 heteroatoms. The van der Waals surface area contributed by atoms with Crippen LogP contribution in [0.2, 0.25) is 16.6 Å². The van der Waals surface area contributed by atoms with E-state index in [-0.39, 0.29) is 12.2 Å². The standard InChI is InChI=1S/C28H34N2O4Si/c1-15(2)35(16(3)4,17(5)6)25-18-10-8-9-11-22(18)29-24-19(25)13-30-23(24)12-21-20(26(30)31)14-34-27(32)28(21,7)33/h8-12,15-17,33H,13-14H2,1-7H3/t28-/m0/s1. The molecule has 3 aromatic rings. The van der Waals surface area contributed by atoms with E-state index in [0.717, 1.165) is 16.8 Å². The number of ether oxygens (including phenoxy) is 1. The van der Waals surface area contributed by atoms with Crippen LogP contribution in [0.25, 0.3) is 22.3 Å². The summed E-state index contributed by atoms with van der Waals surface area (Å²) in [6.07, 6.45) is 0. The van der Waals surface area contributed by atoms with Crippen molar-refractivity contribution < 1.29 is 14.6 Å². The zero-order valence-electron chi connectivity index (χ0n) is 21.6. The maximum atomic E-state index is 13.7. The van der Waals surface area contributed by atoms with Crippen LogP contribution in [0.1, 0.15) is 65.2 Å². The molecule has 0 unspecified atom stereocenters. The minimum Gasteiger partial charge on any atom is -0.458 e. The first-order chi connectivity index (χ1) is 16.4. The first kappa shape index (κ1) is 23.9. The molecule has 2 aliphatic rings. The molecule has 5 rings (SSSR count). The van der Waals surface area contributed by atoms with Crippen LogP contribution in [0.5, 0.6) is 0 Å². The van der Waals surface area contributed by atoms with Crippen LogP contribution in [0, 0.1) is 0 Å². The monoisotopic (exact) mass is 490 g/mol. The Labute approximate surface area is 207 Å². The van der Waals surface area contributed by atoms with Crippen molar-refractivity contribution in [2.24, 2.45) is 0 Å². The second-order valence-corrected chi connectivity index (χ2v) is 17.0. The number of carbonyl (C=O) groups is 1. The molecule has 0 amide bonds. The van der Waals surface area contributed by atoms with Crippen LogP contribution in [0.4, 0.5) is 0 Å². The lowest BCUT2D eigenvalue weighted by molar-refractivity contribution is -0.169. The van der Waals surface area contributed by atoms with Crippen molar-refractivity contribution in [1.82, 2.24) is 9.55 Å². The van der Waals surface area contributed by atoms with E-state index in [1.807, 2.05) is 12.1 Å². The smallest absolute Gasteiger partial charge is 0.342 e. The Kier molecular flexibility index (Phi) is 5.38. The van der Waals surface area contributed by atoms with Gasteiger partial charge in [-0.25, -0.2) is 9.78 Å². The summed E-state index contributed by atoms with van der Waals surface area (Å²) in [6.45, 7) is 15.8. The van der Waals surface area contributed by atoms with Gasteiger partial charge in [0.2, 0.25) is 0 Å². The zero-order valence-corrected chi connectivity index (χ0v) is 22.6. The van der Waals surface area contributed by atoms with Gasteiger partial charge in [0.15, 0.2) is 5.60 Å². The summed E-state index contributed by atoms with van der Waals surface area (Å²) in [6, 6.07) is 10.1. The molecule has 1 N–H and O–H groups in total. The van der Waals surface area contributed by atoms with Crippen LogP contribution < -0.4 is 10.7 Å². The van der Waals surface area contributed by atoms with Gasteiger partial charge in [-0.1, -0.05) is 59.7 Å². The number of aliphatic hydroxyl groups is 1. The summed E-state index contributed by atoms with van der Waals surface area (Å²) in [5.41, 5.74) is 3.56. The number of hydrogen-bond acceptors (Lipinski definition) is 5. The Morgan fingerprint density at radius 2 is 1.66 bits per heavy atom. The predicted octanol–water partition coefficient (Wildman–Crippen LogP) is 4.58. The number of esters is 1. The molecular formula is C28H34N2O4Si. The molecule has 184 valence electrons. The van der Waals surface area contributed by atoms with E-state index in [1.54, 1.807) is 10.6 Å². The average molecular weight is 491 g/mol. The third kappa shape index (κ3) is 3.07. The molecule has 0 saturated carbocycles. The van der Waals surface area contributed by atoms with E-state index in [0.29, 0.717) is 40.0 Å². The summed E-state index contributed by atoms with van der Waals surface area (Å²) in [7, 11) is -2.14. The fraction of sp³-hybridized carbons (Fsp3) is 0.464. The summed E-state index contributed by atoms with van der Waals surface area (Å²) < 4.78 is 6.92. The molecule has 0 aliphatic carbocycles. The first-order valence-electron chi connectivity index (χ1n) is 12.5. The van der Waals surface area contributed by atoms with E-state index >= 15 is 0 Å². The van der Waals surface area contributed by atoms with Gasteiger partial charge in [0.1, 0.15) is 6.61 Å². The predicted molar refractivity (Wildman–Crippen MR) is 141 cm³/mol. The number of benzene rings is 1. The summed E-state index contributed by atoms with van der Waals surface area (Å²) in [4.78, 5) is 31.1. The highest BCUT2D eigenvalue weighted by molar-refractivity contribution is 6.96. The van der Waals surface area contributed by atoms with E-state index in [2.05, 4.69) is 53.7 Å². The molecule has 1 aromatic carbocycles. The number of rotatable bonds is 4. The van der Waals surface area contributed by atoms with Gasteiger partial charge in [0.25, 0.3) is 5.56 Å². The van der Waals surface area contributed by atoms with Gasteiger partial charge in [-0.15, -0.1) is 0 Å². The number of cyclic esters (lactones) is 1. The third-order valence-electron chi connectivity index (χ3n) is 8.52. The molecule has 4 heterocycles. The molecule has 2 aromatic heterocycles. The lowest BCUT2D eigenvalue weighted by atomic mass is 9.90. The molecule has 1 atom stereocenters. The summed E-state index contributed by atoms with van der Waals surface area (Å²) in [5.74, 6) is -0.731.